The van der Waals surface area contributed by atoms with Crippen molar-refractivity contribution < 1.29 is 9.47 Å². The van der Waals surface area contributed by atoms with E-state index < -0.39 is 0 Å². The number of aromatic nitrogens is 2. The molecular formula is C16H16N2O2S. The van der Waals surface area contributed by atoms with Gasteiger partial charge in [0.2, 0.25) is 0 Å². The van der Waals surface area contributed by atoms with Crippen LogP contribution in [0.4, 0.5) is 0 Å². The molecule has 0 saturated heterocycles. The summed E-state index contributed by atoms with van der Waals surface area (Å²) < 4.78 is 11.0. The minimum absolute atomic E-state index is 0.410. The Morgan fingerprint density at radius 1 is 1.19 bits per heavy atom. The summed E-state index contributed by atoms with van der Waals surface area (Å²) in [6.45, 7) is 4.54. The van der Waals surface area contributed by atoms with Crippen LogP contribution in [0.25, 0.3) is 21.5 Å². The molecule has 0 unspecified atom stereocenters. The van der Waals surface area contributed by atoms with E-state index >= 15 is 0 Å². The van der Waals surface area contributed by atoms with Gasteiger partial charge in [-0.1, -0.05) is 12.1 Å². The number of rotatable bonds is 4. The monoisotopic (exact) mass is 300 g/mol. The number of nitrogens with zero attached hydrogens (tertiary/aromatic N) is 2. The van der Waals surface area contributed by atoms with Crippen molar-refractivity contribution in [1.29, 1.82) is 0 Å². The molecule has 0 spiro atoms. The van der Waals surface area contributed by atoms with Crippen LogP contribution in [0, 0.1) is 6.92 Å². The molecule has 3 rings (SSSR count). The first-order valence-corrected chi connectivity index (χ1v) is 7.59. The third kappa shape index (κ3) is 2.56. The molecule has 0 aliphatic heterocycles. The lowest BCUT2D eigenvalue weighted by Crippen LogP contribution is -1.99. The highest BCUT2D eigenvalue weighted by atomic mass is 32.1. The van der Waals surface area contributed by atoms with Crippen molar-refractivity contribution in [1.82, 2.24) is 9.97 Å². The minimum Gasteiger partial charge on any atom is -0.496 e. The summed E-state index contributed by atoms with van der Waals surface area (Å²) in [6.07, 6.45) is 0. The molecule has 0 N–H and O–H groups in total. The molecule has 21 heavy (non-hydrogen) atoms. The van der Waals surface area contributed by atoms with Gasteiger partial charge in [0, 0.05) is 15.8 Å². The van der Waals surface area contributed by atoms with E-state index in [2.05, 4.69) is 23.0 Å². The summed E-state index contributed by atoms with van der Waals surface area (Å²) in [6, 6.07) is 10.4. The Bertz CT molecular complexity index is 783. The number of methoxy groups -OCH3 is 1. The molecule has 2 aromatic heterocycles. The van der Waals surface area contributed by atoms with E-state index in [0.29, 0.717) is 12.6 Å². The lowest BCUT2D eigenvalue weighted by atomic mass is 10.1. The van der Waals surface area contributed by atoms with Gasteiger partial charge >= 0.3 is 6.01 Å². The zero-order valence-corrected chi connectivity index (χ0v) is 13.0. The largest absolute Gasteiger partial charge is 0.496 e. The maximum atomic E-state index is 5.50. The molecule has 0 bridgehead atoms. The van der Waals surface area contributed by atoms with Crippen LogP contribution >= 0.6 is 11.3 Å². The zero-order valence-electron chi connectivity index (χ0n) is 12.2. The van der Waals surface area contributed by atoms with Gasteiger partial charge in [-0.3, -0.25) is 0 Å². The Morgan fingerprint density at radius 3 is 2.76 bits per heavy atom. The third-order valence-corrected chi connectivity index (χ3v) is 4.08. The second-order valence-corrected chi connectivity index (χ2v) is 5.80. The van der Waals surface area contributed by atoms with Gasteiger partial charge < -0.3 is 9.47 Å². The number of thiophene rings is 1. The first-order chi connectivity index (χ1) is 10.2. The van der Waals surface area contributed by atoms with Crippen LogP contribution < -0.4 is 9.47 Å². The lowest BCUT2D eigenvalue weighted by molar-refractivity contribution is 0.314. The molecule has 0 atom stereocenters. The lowest BCUT2D eigenvalue weighted by Gasteiger charge is -2.10. The number of hydrogen-bond acceptors (Lipinski definition) is 5. The van der Waals surface area contributed by atoms with Gasteiger partial charge in [0.1, 0.15) is 10.6 Å². The van der Waals surface area contributed by atoms with Gasteiger partial charge in [0.15, 0.2) is 0 Å². The van der Waals surface area contributed by atoms with E-state index in [1.807, 2.05) is 31.2 Å². The summed E-state index contributed by atoms with van der Waals surface area (Å²) >= 11 is 1.64. The first kappa shape index (κ1) is 13.8. The molecule has 0 radical (unpaired) electrons. The highest BCUT2D eigenvalue weighted by Gasteiger charge is 2.15. The Hall–Kier alpha value is -2.14. The van der Waals surface area contributed by atoms with Crippen molar-refractivity contribution in [3.63, 3.8) is 0 Å². The average Bonchev–Trinajstić information content (AvgIpc) is 2.87. The fourth-order valence-corrected chi connectivity index (χ4v) is 3.13. The van der Waals surface area contributed by atoms with Gasteiger partial charge in [-0.2, -0.15) is 9.97 Å². The molecule has 2 heterocycles. The van der Waals surface area contributed by atoms with Gasteiger partial charge in [-0.05, 0) is 32.0 Å². The minimum atomic E-state index is 0.410. The Balaban J connectivity index is 2.28. The molecule has 0 aliphatic carbocycles. The zero-order chi connectivity index (χ0) is 14.8. The van der Waals surface area contributed by atoms with E-state index in [-0.39, 0.29) is 0 Å². The predicted octanol–water partition coefficient (Wildman–Crippen LogP) is 4.07. The van der Waals surface area contributed by atoms with Crippen LogP contribution in [-0.2, 0) is 0 Å². The SMILES string of the molecule is CCOc1nc(-c2ccccc2OC)c2cc(C)sc2n1. The molecule has 0 saturated carbocycles. The first-order valence-electron chi connectivity index (χ1n) is 6.77. The highest BCUT2D eigenvalue weighted by molar-refractivity contribution is 7.18. The fraction of sp³-hybridized carbons (Fsp3) is 0.250. The topological polar surface area (TPSA) is 44.2 Å². The van der Waals surface area contributed by atoms with Gasteiger partial charge in [0.25, 0.3) is 0 Å². The second kappa shape index (κ2) is 5.69. The van der Waals surface area contributed by atoms with Crippen molar-refractivity contribution >= 4 is 21.6 Å². The van der Waals surface area contributed by atoms with Crippen LogP contribution in [0.1, 0.15) is 11.8 Å². The summed E-state index contributed by atoms with van der Waals surface area (Å²) in [5, 5.41) is 1.03. The normalized spacial score (nSPS) is 10.8. The highest BCUT2D eigenvalue weighted by Crippen LogP contribution is 2.37. The number of hydrogen-bond donors (Lipinski definition) is 0. The van der Waals surface area contributed by atoms with Crippen LogP contribution in [-0.4, -0.2) is 23.7 Å². The number of fused-ring (bicyclic) bond motifs is 1. The Kier molecular flexibility index (Phi) is 3.75. The Morgan fingerprint density at radius 2 is 2.00 bits per heavy atom. The summed E-state index contributed by atoms with van der Waals surface area (Å²) in [5.41, 5.74) is 1.80. The molecule has 0 fully saturated rings. The van der Waals surface area contributed by atoms with Crippen LogP contribution in [0.5, 0.6) is 11.8 Å². The van der Waals surface area contributed by atoms with Gasteiger partial charge in [0.05, 0.1) is 19.4 Å². The van der Waals surface area contributed by atoms with E-state index in [9.17, 15) is 0 Å². The third-order valence-electron chi connectivity index (χ3n) is 3.13. The average molecular weight is 300 g/mol. The summed E-state index contributed by atoms with van der Waals surface area (Å²) in [5.74, 6) is 0.795. The molecule has 0 amide bonds. The number of aryl methyl sites for hydroxylation is 1. The maximum absolute atomic E-state index is 5.50. The van der Waals surface area contributed by atoms with E-state index in [0.717, 1.165) is 27.2 Å². The quantitative estimate of drug-likeness (QED) is 0.728. The number of para-hydroxylation sites is 1. The Labute approximate surface area is 127 Å². The molecule has 5 heteroatoms. The standard InChI is InChI=1S/C16H16N2O2S/c1-4-20-16-17-14(11-7-5-6-8-13(11)19-3)12-9-10(2)21-15(12)18-16/h5-9H,4H2,1-3H3. The van der Waals surface area contributed by atoms with Crippen LogP contribution in [0.2, 0.25) is 0 Å². The van der Waals surface area contributed by atoms with Crippen molar-refractivity contribution in [2.24, 2.45) is 0 Å². The number of benzene rings is 1. The summed E-state index contributed by atoms with van der Waals surface area (Å²) in [7, 11) is 1.67. The van der Waals surface area contributed by atoms with Crippen molar-refractivity contribution in [2.75, 3.05) is 13.7 Å². The molecule has 0 aliphatic rings. The van der Waals surface area contributed by atoms with E-state index in [1.54, 1.807) is 18.4 Å². The van der Waals surface area contributed by atoms with Crippen molar-refractivity contribution in [2.45, 2.75) is 13.8 Å². The smallest absolute Gasteiger partial charge is 0.318 e. The van der Waals surface area contributed by atoms with Gasteiger partial charge in [-0.15, -0.1) is 11.3 Å². The number of ether oxygens (including phenoxy) is 2. The van der Waals surface area contributed by atoms with E-state index in [4.69, 9.17) is 9.47 Å². The van der Waals surface area contributed by atoms with Crippen LogP contribution in [0.3, 0.4) is 0 Å². The molecule has 4 nitrogen and oxygen atoms in total. The van der Waals surface area contributed by atoms with Crippen LogP contribution in [0.15, 0.2) is 30.3 Å². The summed E-state index contributed by atoms with van der Waals surface area (Å²) in [4.78, 5) is 11.2. The molecule has 108 valence electrons. The maximum Gasteiger partial charge on any atom is 0.318 e. The predicted molar refractivity (Wildman–Crippen MR) is 85.3 cm³/mol. The molecule has 3 aromatic rings. The van der Waals surface area contributed by atoms with Gasteiger partial charge in [-0.25, -0.2) is 0 Å². The van der Waals surface area contributed by atoms with Crippen molar-refractivity contribution in [3.8, 4) is 23.0 Å². The van der Waals surface area contributed by atoms with Crippen molar-refractivity contribution in [3.05, 3.63) is 35.2 Å². The molecule has 1 aromatic carbocycles. The second-order valence-electron chi connectivity index (χ2n) is 4.56. The molecular weight excluding hydrogens is 284 g/mol. The van der Waals surface area contributed by atoms with E-state index in [1.165, 1.54) is 4.88 Å². The fourth-order valence-electron chi connectivity index (χ4n) is 2.26.